The maximum atomic E-state index is 4.66. The van der Waals surface area contributed by atoms with Gasteiger partial charge in [-0.25, -0.2) is 0 Å². The summed E-state index contributed by atoms with van der Waals surface area (Å²) < 4.78 is 2.45. The summed E-state index contributed by atoms with van der Waals surface area (Å²) in [5.74, 6) is 0.454. The fourth-order valence-electron chi connectivity index (χ4n) is 3.21. The van der Waals surface area contributed by atoms with Gasteiger partial charge in [0.15, 0.2) is 0 Å². The molecular formula is C17H18BrIN2. The Bertz CT molecular complexity index is 644. The lowest BCUT2D eigenvalue weighted by Gasteiger charge is -2.26. The van der Waals surface area contributed by atoms with Crippen LogP contribution in [0.25, 0.3) is 0 Å². The number of nitrogens with zero attached hydrogens (tertiary/aromatic N) is 1. The Labute approximate surface area is 148 Å². The van der Waals surface area contributed by atoms with Crippen molar-refractivity contribution in [1.29, 1.82) is 0 Å². The minimum Gasteiger partial charge on any atom is -0.310 e. The number of nitrogens with one attached hydrogen (secondary N) is 1. The summed E-state index contributed by atoms with van der Waals surface area (Å²) in [6.45, 7) is 3.13. The lowest BCUT2D eigenvalue weighted by molar-refractivity contribution is 0.446. The number of aryl methyl sites for hydroxylation is 1. The number of aromatic nitrogens is 1. The quantitative estimate of drug-likeness (QED) is 0.666. The molecule has 1 heterocycles. The van der Waals surface area contributed by atoms with Gasteiger partial charge in [0.05, 0.1) is 0 Å². The van der Waals surface area contributed by atoms with Crippen molar-refractivity contribution in [2.24, 2.45) is 0 Å². The maximum absolute atomic E-state index is 4.66. The van der Waals surface area contributed by atoms with Crippen LogP contribution < -0.4 is 5.32 Å². The van der Waals surface area contributed by atoms with Gasteiger partial charge in [-0.05, 0) is 77.4 Å². The van der Waals surface area contributed by atoms with E-state index in [1.54, 1.807) is 0 Å². The van der Waals surface area contributed by atoms with E-state index < -0.39 is 0 Å². The molecule has 0 saturated carbocycles. The molecule has 0 aliphatic heterocycles. The van der Waals surface area contributed by atoms with Crippen molar-refractivity contribution in [2.45, 2.75) is 31.7 Å². The molecule has 3 rings (SSSR count). The van der Waals surface area contributed by atoms with Crippen LogP contribution in [0.4, 0.5) is 0 Å². The fraction of sp³-hybridized carbons (Fsp3) is 0.353. The first-order chi connectivity index (χ1) is 10.2. The molecule has 4 heteroatoms. The van der Waals surface area contributed by atoms with E-state index in [0.29, 0.717) is 12.0 Å². The Hall–Kier alpha value is -0.460. The van der Waals surface area contributed by atoms with Crippen molar-refractivity contribution in [1.82, 2.24) is 10.3 Å². The molecule has 0 spiro atoms. The molecule has 1 N–H and O–H groups in total. The first kappa shape index (κ1) is 15.4. The second kappa shape index (κ2) is 6.75. The second-order valence-electron chi connectivity index (χ2n) is 5.39. The number of rotatable bonds is 4. The zero-order chi connectivity index (χ0) is 14.8. The summed E-state index contributed by atoms with van der Waals surface area (Å²) in [6.07, 6.45) is 4.23. The maximum Gasteiger partial charge on any atom is 0.0485 e. The third kappa shape index (κ3) is 3.17. The van der Waals surface area contributed by atoms with Gasteiger partial charge in [-0.1, -0.05) is 28.9 Å². The predicted molar refractivity (Wildman–Crippen MR) is 98.6 cm³/mol. The Morgan fingerprint density at radius 1 is 1.43 bits per heavy atom. The van der Waals surface area contributed by atoms with Crippen molar-refractivity contribution in [2.75, 3.05) is 6.54 Å². The van der Waals surface area contributed by atoms with Gasteiger partial charge in [0.1, 0.15) is 0 Å². The molecule has 0 fully saturated rings. The van der Waals surface area contributed by atoms with Gasteiger partial charge in [0.2, 0.25) is 0 Å². The molecule has 2 atom stereocenters. The molecule has 1 aliphatic rings. The topological polar surface area (TPSA) is 24.9 Å². The third-order valence-electron chi connectivity index (χ3n) is 4.12. The Balaban J connectivity index is 2.01. The Morgan fingerprint density at radius 2 is 2.29 bits per heavy atom. The molecule has 2 nitrogen and oxygen atoms in total. The van der Waals surface area contributed by atoms with Crippen molar-refractivity contribution < 1.29 is 0 Å². The smallest absolute Gasteiger partial charge is 0.0485 e. The first-order valence-corrected chi connectivity index (χ1v) is 9.20. The van der Waals surface area contributed by atoms with Gasteiger partial charge in [-0.2, -0.15) is 0 Å². The molecule has 1 aromatic heterocycles. The van der Waals surface area contributed by atoms with Gasteiger partial charge in [0, 0.05) is 31.9 Å². The number of fused-ring (bicyclic) bond motifs is 1. The molecule has 0 amide bonds. The average Bonchev–Trinajstić information content (AvgIpc) is 2.91. The molecule has 0 bridgehead atoms. The van der Waals surface area contributed by atoms with Crippen LogP contribution in [-0.2, 0) is 6.42 Å². The minimum absolute atomic E-state index is 0.315. The highest BCUT2D eigenvalue weighted by Gasteiger charge is 2.32. The summed E-state index contributed by atoms with van der Waals surface area (Å²) in [4.78, 5) is 4.66. The van der Waals surface area contributed by atoms with Crippen LogP contribution in [-0.4, -0.2) is 11.5 Å². The standard InChI is InChI=1S/C17H18BrIN2/c1-2-20-17(14-10-12(19)6-8-15(14)18)13-7-5-11-4-3-9-21-16(11)13/h3-4,6,8-10,13,17,20H,2,5,7H2,1H3. The molecule has 1 aliphatic carbocycles. The molecule has 2 aromatic rings. The van der Waals surface area contributed by atoms with E-state index in [1.165, 1.54) is 31.3 Å². The fourth-order valence-corrected chi connectivity index (χ4v) is 4.22. The van der Waals surface area contributed by atoms with E-state index >= 15 is 0 Å². The summed E-state index contributed by atoms with van der Waals surface area (Å²) in [6, 6.07) is 11.1. The van der Waals surface area contributed by atoms with Crippen LogP contribution in [0.5, 0.6) is 0 Å². The molecular weight excluding hydrogens is 439 g/mol. The monoisotopic (exact) mass is 456 g/mol. The van der Waals surface area contributed by atoms with E-state index in [0.717, 1.165) is 13.0 Å². The highest BCUT2D eigenvalue weighted by Crippen LogP contribution is 2.42. The van der Waals surface area contributed by atoms with E-state index in [9.17, 15) is 0 Å². The van der Waals surface area contributed by atoms with Crippen molar-refractivity contribution in [3.05, 3.63) is 61.4 Å². The van der Waals surface area contributed by atoms with E-state index in [-0.39, 0.29) is 0 Å². The average molecular weight is 457 g/mol. The molecule has 0 saturated heterocycles. The number of pyridine rings is 1. The zero-order valence-corrected chi connectivity index (χ0v) is 15.7. The minimum atomic E-state index is 0.315. The zero-order valence-electron chi connectivity index (χ0n) is 11.9. The van der Waals surface area contributed by atoms with Crippen molar-refractivity contribution >= 4 is 38.5 Å². The number of benzene rings is 1. The van der Waals surface area contributed by atoms with E-state index in [1.807, 2.05) is 12.3 Å². The van der Waals surface area contributed by atoms with Gasteiger partial charge in [-0.15, -0.1) is 0 Å². The Kier molecular flexibility index (Phi) is 4.96. The van der Waals surface area contributed by atoms with Crippen LogP contribution in [0.1, 0.15) is 42.1 Å². The number of hydrogen-bond acceptors (Lipinski definition) is 2. The molecule has 1 aromatic carbocycles. The number of halogens is 2. The third-order valence-corrected chi connectivity index (χ3v) is 5.51. The highest BCUT2D eigenvalue weighted by molar-refractivity contribution is 14.1. The highest BCUT2D eigenvalue weighted by atomic mass is 127. The van der Waals surface area contributed by atoms with Gasteiger partial charge < -0.3 is 5.32 Å². The van der Waals surface area contributed by atoms with Gasteiger partial charge in [0.25, 0.3) is 0 Å². The van der Waals surface area contributed by atoms with E-state index in [2.05, 4.69) is 80.0 Å². The molecule has 21 heavy (non-hydrogen) atoms. The van der Waals surface area contributed by atoms with E-state index in [4.69, 9.17) is 0 Å². The normalized spacial score (nSPS) is 18.5. The summed E-state index contributed by atoms with van der Waals surface area (Å²) in [5, 5.41) is 3.68. The van der Waals surface area contributed by atoms with Gasteiger partial charge >= 0.3 is 0 Å². The lowest BCUT2D eigenvalue weighted by Crippen LogP contribution is -2.27. The number of likely N-dealkylation sites (N-methyl/N-ethyl adjacent to an activating group) is 1. The summed E-state index contributed by atoms with van der Waals surface area (Å²) in [5.41, 5.74) is 4.02. The summed E-state index contributed by atoms with van der Waals surface area (Å²) in [7, 11) is 0. The van der Waals surface area contributed by atoms with Crippen LogP contribution >= 0.6 is 38.5 Å². The largest absolute Gasteiger partial charge is 0.310 e. The number of hydrogen-bond donors (Lipinski definition) is 1. The molecule has 0 radical (unpaired) electrons. The predicted octanol–water partition coefficient (Wildman–Crippen LogP) is 4.83. The summed E-state index contributed by atoms with van der Waals surface area (Å²) >= 11 is 6.11. The molecule has 2 unspecified atom stereocenters. The van der Waals surface area contributed by atoms with Crippen LogP contribution in [0.3, 0.4) is 0 Å². The van der Waals surface area contributed by atoms with Crippen molar-refractivity contribution in [3.63, 3.8) is 0 Å². The van der Waals surface area contributed by atoms with Crippen LogP contribution in [0, 0.1) is 3.57 Å². The lowest BCUT2D eigenvalue weighted by atomic mass is 9.90. The SMILES string of the molecule is CCNC(c1cc(I)ccc1Br)C1CCc2cccnc21. The van der Waals surface area contributed by atoms with Crippen LogP contribution in [0.15, 0.2) is 41.0 Å². The van der Waals surface area contributed by atoms with Gasteiger partial charge in [-0.3, -0.25) is 4.98 Å². The molecule has 110 valence electrons. The van der Waals surface area contributed by atoms with Crippen molar-refractivity contribution in [3.8, 4) is 0 Å². The second-order valence-corrected chi connectivity index (χ2v) is 7.49. The Morgan fingerprint density at radius 3 is 3.10 bits per heavy atom. The first-order valence-electron chi connectivity index (χ1n) is 7.32. The van der Waals surface area contributed by atoms with Crippen LogP contribution in [0.2, 0.25) is 0 Å².